The van der Waals surface area contributed by atoms with Gasteiger partial charge in [0, 0.05) is 31.2 Å². The highest BCUT2D eigenvalue weighted by Crippen LogP contribution is 2.21. The summed E-state index contributed by atoms with van der Waals surface area (Å²) >= 11 is 1.58. The number of carbonyl (C=O) groups excluding carboxylic acids is 1. The second-order valence-electron chi connectivity index (χ2n) is 4.36. The Balaban J connectivity index is 1.84. The van der Waals surface area contributed by atoms with Gasteiger partial charge in [-0.15, -0.1) is 11.8 Å². The zero-order valence-corrected chi connectivity index (χ0v) is 11.5. The minimum absolute atomic E-state index is 0.252. The predicted molar refractivity (Wildman–Crippen MR) is 74.9 cm³/mol. The number of nitrogens with zero attached hydrogens (tertiary/aromatic N) is 2. The summed E-state index contributed by atoms with van der Waals surface area (Å²) in [6.07, 6.45) is 5.32. The van der Waals surface area contributed by atoms with E-state index in [1.807, 2.05) is 24.1 Å². The monoisotopic (exact) mass is 265 g/mol. The first-order valence-electron chi connectivity index (χ1n) is 6.34. The molecule has 1 aromatic rings. The lowest BCUT2D eigenvalue weighted by Crippen LogP contribution is -2.36. The molecule has 0 radical (unpaired) electrons. The maximum Gasteiger partial charge on any atom is 0.232 e. The van der Waals surface area contributed by atoms with Gasteiger partial charge in [0.15, 0.2) is 0 Å². The van der Waals surface area contributed by atoms with Crippen molar-refractivity contribution in [3.05, 3.63) is 18.3 Å². The molecule has 1 amide bonds. The number of anilines is 1. The van der Waals surface area contributed by atoms with Gasteiger partial charge < -0.3 is 10.2 Å². The summed E-state index contributed by atoms with van der Waals surface area (Å²) in [6, 6.07) is 3.91. The molecule has 4 nitrogen and oxygen atoms in total. The summed E-state index contributed by atoms with van der Waals surface area (Å²) in [5.74, 6) is 1.61. The van der Waals surface area contributed by atoms with Crippen LogP contribution in [-0.4, -0.2) is 41.7 Å². The van der Waals surface area contributed by atoms with Gasteiger partial charge in [-0.05, 0) is 31.4 Å². The van der Waals surface area contributed by atoms with Crippen molar-refractivity contribution < 1.29 is 4.79 Å². The van der Waals surface area contributed by atoms with Crippen LogP contribution in [0.3, 0.4) is 0 Å². The number of piperidine rings is 1. The summed E-state index contributed by atoms with van der Waals surface area (Å²) < 4.78 is 0. The van der Waals surface area contributed by atoms with E-state index in [9.17, 15) is 4.79 Å². The number of pyridine rings is 1. The van der Waals surface area contributed by atoms with E-state index in [4.69, 9.17) is 0 Å². The van der Waals surface area contributed by atoms with Crippen molar-refractivity contribution in [2.75, 3.05) is 31.2 Å². The Morgan fingerprint density at radius 2 is 2.22 bits per heavy atom. The van der Waals surface area contributed by atoms with Gasteiger partial charge in [0.25, 0.3) is 0 Å². The molecule has 0 atom stereocenters. The molecule has 5 heteroatoms. The highest BCUT2D eigenvalue weighted by atomic mass is 32.2. The molecule has 1 aliphatic heterocycles. The van der Waals surface area contributed by atoms with Crippen molar-refractivity contribution in [3.63, 3.8) is 0 Å². The summed E-state index contributed by atoms with van der Waals surface area (Å²) in [5, 5.41) is 3.00. The molecule has 0 bridgehead atoms. The Kier molecular flexibility index (Phi) is 4.87. The van der Waals surface area contributed by atoms with E-state index >= 15 is 0 Å². The average Bonchev–Trinajstić information content (AvgIpc) is 2.46. The molecule has 0 aliphatic carbocycles. The lowest BCUT2D eigenvalue weighted by Gasteiger charge is -2.26. The van der Waals surface area contributed by atoms with Gasteiger partial charge in [-0.25, -0.2) is 4.98 Å². The molecule has 0 aromatic carbocycles. The number of hydrogen-bond acceptors (Lipinski definition) is 4. The van der Waals surface area contributed by atoms with Crippen LogP contribution < -0.4 is 5.32 Å². The van der Waals surface area contributed by atoms with Crippen molar-refractivity contribution in [1.29, 1.82) is 0 Å². The van der Waals surface area contributed by atoms with Gasteiger partial charge in [0.1, 0.15) is 5.82 Å². The van der Waals surface area contributed by atoms with Gasteiger partial charge in [-0.2, -0.15) is 0 Å². The number of likely N-dealkylation sites (tertiary alicyclic amines) is 1. The Labute approximate surface area is 112 Å². The third-order valence-corrected chi connectivity index (χ3v) is 4.04. The van der Waals surface area contributed by atoms with Crippen molar-refractivity contribution in [1.82, 2.24) is 9.88 Å². The third kappa shape index (κ3) is 3.63. The van der Waals surface area contributed by atoms with Crippen molar-refractivity contribution >= 4 is 23.5 Å². The fourth-order valence-corrected chi connectivity index (χ4v) is 2.84. The fraction of sp³-hybridized carbons (Fsp3) is 0.538. The average molecular weight is 265 g/mol. The Morgan fingerprint density at radius 1 is 1.44 bits per heavy atom. The molecule has 2 rings (SSSR count). The van der Waals surface area contributed by atoms with Crippen LogP contribution in [0, 0.1) is 0 Å². The molecule has 2 heterocycles. The highest BCUT2D eigenvalue weighted by Gasteiger charge is 2.16. The van der Waals surface area contributed by atoms with Crippen LogP contribution in [0.4, 0.5) is 5.82 Å². The van der Waals surface area contributed by atoms with E-state index in [0.29, 0.717) is 5.75 Å². The maximum atomic E-state index is 12.0. The standard InChI is InChI=1S/C13H19N3OS/c1-14-12-9-11(5-6-15-12)18-10-13(17)16-7-3-2-4-8-16/h5-6,9H,2-4,7-8,10H2,1H3,(H,14,15). The van der Waals surface area contributed by atoms with Crippen LogP contribution >= 0.6 is 11.8 Å². The summed E-state index contributed by atoms with van der Waals surface area (Å²) in [6.45, 7) is 1.86. The van der Waals surface area contributed by atoms with Gasteiger partial charge in [0.2, 0.25) is 5.91 Å². The number of hydrogen-bond donors (Lipinski definition) is 1. The third-order valence-electron chi connectivity index (χ3n) is 3.06. The second kappa shape index (κ2) is 6.64. The second-order valence-corrected chi connectivity index (χ2v) is 5.41. The van der Waals surface area contributed by atoms with E-state index in [1.165, 1.54) is 6.42 Å². The van der Waals surface area contributed by atoms with Crippen LogP contribution in [0.25, 0.3) is 0 Å². The van der Waals surface area contributed by atoms with Crippen LogP contribution in [0.1, 0.15) is 19.3 Å². The summed E-state index contributed by atoms with van der Waals surface area (Å²) in [7, 11) is 1.84. The Bertz CT molecular complexity index is 405. The quantitative estimate of drug-likeness (QED) is 0.848. The van der Waals surface area contributed by atoms with Gasteiger partial charge in [-0.1, -0.05) is 0 Å². The molecular formula is C13H19N3OS. The first-order valence-corrected chi connectivity index (χ1v) is 7.32. The molecule has 98 valence electrons. The highest BCUT2D eigenvalue weighted by molar-refractivity contribution is 8.00. The Morgan fingerprint density at radius 3 is 2.94 bits per heavy atom. The van der Waals surface area contributed by atoms with Gasteiger partial charge in [-0.3, -0.25) is 4.79 Å². The van der Waals surface area contributed by atoms with Crippen LogP contribution in [0.2, 0.25) is 0 Å². The molecular weight excluding hydrogens is 246 g/mol. The molecule has 1 aliphatic rings. The van der Waals surface area contributed by atoms with Gasteiger partial charge in [0.05, 0.1) is 5.75 Å². The fourth-order valence-electron chi connectivity index (χ4n) is 2.02. The number of aromatic nitrogens is 1. The summed E-state index contributed by atoms with van der Waals surface area (Å²) in [4.78, 5) is 19.2. The van der Waals surface area contributed by atoms with Crippen molar-refractivity contribution in [2.45, 2.75) is 24.2 Å². The zero-order chi connectivity index (χ0) is 12.8. The lowest BCUT2D eigenvalue weighted by molar-refractivity contribution is -0.129. The molecule has 1 N–H and O–H groups in total. The number of rotatable bonds is 4. The maximum absolute atomic E-state index is 12.0. The molecule has 18 heavy (non-hydrogen) atoms. The van der Waals surface area contributed by atoms with E-state index in [1.54, 1.807) is 18.0 Å². The topological polar surface area (TPSA) is 45.2 Å². The van der Waals surface area contributed by atoms with Crippen molar-refractivity contribution in [3.8, 4) is 0 Å². The minimum Gasteiger partial charge on any atom is -0.373 e. The first-order chi connectivity index (χ1) is 8.79. The normalized spacial score (nSPS) is 15.5. The number of amides is 1. The molecule has 0 saturated carbocycles. The number of nitrogens with one attached hydrogen (secondary N) is 1. The largest absolute Gasteiger partial charge is 0.373 e. The minimum atomic E-state index is 0.252. The SMILES string of the molecule is CNc1cc(SCC(=O)N2CCCCC2)ccn1. The van der Waals surface area contributed by atoms with Crippen LogP contribution in [-0.2, 0) is 4.79 Å². The lowest BCUT2D eigenvalue weighted by atomic mass is 10.1. The predicted octanol–water partition coefficient (Wildman–Crippen LogP) is 2.23. The van der Waals surface area contributed by atoms with Crippen molar-refractivity contribution in [2.24, 2.45) is 0 Å². The number of thioether (sulfide) groups is 1. The molecule has 0 spiro atoms. The van der Waals surface area contributed by atoms with E-state index in [0.717, 1.165) is 36.6 Å². The molecule has 1 fully saturated rings. The number of carbonyl (C=O) groups is 1. The van der Waals surface area contributed by atoms with E-state index in [2.05, 4.69) is 10.3 Å². The zero-order valence-electron chi connectivity index (χ0n) is 10.7. The van der Waals surface area contributed by atoms with E-state index < -0.39 is 0 Å². The molecule has 1 aromatic heterocycles. The molecule has 1 saturated heterocycles. The smallest absolute Gasteiger partial charge is 0.232 e. The Hall–Kier alpha value is -1.23. The van der Waals surface area contributed by atoms with Crippen LogP contribution in [0.15, 0.2) is 23.2 Å². The first kappa shape index (κ1) is 13.2. The molecule has 0 unspecified atom stereocenters. The van der Waals surface area contributed by atoms with Gasteiger partial charge >= 0.3 is 0 Å². The van der Waals surface area contributed by atoms with E-state index in [-0.39, 0.29) is 5.91 Å². The summed E-state index contributed by atoms with van der Waals surface area (Å²) in [5.41, 5.74) is 0. The van der Waals surface area contributed by atoms with Crippen LogP contribution in [0.5, 0.6) is 0 Å².